The average Bonchev–Trinajstić information content (AvgIpc) is 3.26. The summed E-state index contributed by atoms with van der Waals surface area (Å²) in [7, 11) is 0. The molecule has 28 heavy (non-hydrogen) atoms. The van der Waals surface area contributed by atoms with Gasteiger partial charge in [0.25, 0.3) is 0 Å². The number of carbonyl (C=O) groups excluding carboxylic acids is 2. The largest absolute Gasteiger partial charge is 0.372 e. The number of nitrogens with one attached hydrogen (secondary N) is 2. The number of amides is 2. The molecular weight excluding hydrogens is 370 g/mol. The Balaban J connectivity index is 1.39. The van der Waals surface area contributed by atoms with Crippen LogP contribution in [0.2, 0.25) is 0 Å². The highest BCUT2D eigenvalue weighted by molar-refractivity contribution is 7.98. The number of carbonyl (C=O) groups is 2. The monoisotopic (exact) mass is 397 g/mol. The van der Waals surface area contributed by atoms with Gasteiger partial charge in [0.05, 0.1) is 5.69 Å². The van der Waals surface area contributed by atoms with E-state index in [4.69, 9.17) is 0 Å². The zero-order valence-electron chi connectivity index (χ0n) is 16.2. The van der Waals surface area contributed by atoms with E-state index in [0.717, 1.165) is 30.8 Å². The van der Waals surface area contributed by atoms with Gasteiger partial charge in [0.1, 0.15) is 0 Å². The zero-order valence-corrected chi connectivity index (χ0v) is 17.1. The Bertz CT molecular complexity index is 802. The van der Waals surface area contributed by atoms with Crippen molar-refractivity contribution in [2.24, 2.45) is 0 Å². The van der Waals surface area contributed by atoms with Gasteiger partial charge in [-0.15, -0.1) is 11.8 Å². The third-order valence-electron chi connectivity index (χ3n) is 4.90. The fourth-order valence-electron chi connectivity index (χ4n) is 3.35. The lowest BCUT2D eigenvalue weighted by molar-refractivity contribution is -0.136. The number of anilines is 2. The van der Waals surface area contributed by atoms with Crippen LogP contribution in [0.15, 0.2) is 53.4 Å². The lowest BCUT2D eigenvalue weighted by Crippen LogP contribution is -2.36. The molecule has 0 aliphatic carbocycles. The van der Waals surface area contributed by atoms with Gasteiger partial charge in [-0.2, -0.15) is 0 Å². The van der Waals surface area contributed by atoms with Gasteiger partial charge in [0.15, 0.2) is 0 Å². The van der Waals surface area contributed by atoms with E-state index in [9.17, 15) is 9.59 Å². The minimum Gasteiger partial charge on any atom is -0.372 e. The normalized spacial score (nSPS) is 13.4. The smallest absolute Gasteiger partial charge is 0.313 e. The van der Waals surface area contributed by atoms with Gasteiger partial charge in [0, 0.05) is 30.2 Å². The molecule has 1 heterocycles. The van der Waals surface area contributed by atoms with E-state index >= 15 is 0 Å². The molecule has 0 aromatic heterocycles. The summed E-state index contributed by atoms with van der Waals surface area (Å²) in [5, 5.41) is 5.38. The first-order chi connectivity index (χ1) is 13.7. The molecule has 2 aromatic rings. The maximum absolute atomic E-state index is 12.1. The fraction of sp³-hybridized carbons (Fsp3) is 0.364. The van der Waals surface area contributed by atoms with Gasteiger partial charge in [-0.3, -0.25) is 9.59 Å². The van der Waals surface area contributed by atoms with Crippen molar-refractivity contribution in [1.29, 1.82) is 0 Å². The number of nitrogens with zero attached hydrogens (tertiary/aromatic N) is 1. The van der Waals surface area contributed by atoms with Crippen LogP contribution in [0.5, 0.6) is 0 Å². The lowest BCUT2D eigenvalue weighted by Gasteiger charge is -2.17. The minimum atomic E-state index is -0.628. The Morgan fingerprint density at radius 2 is 1.71 bits per heavy atom. The second-order valence-electron chi connectivity index (χ2n) is 6.87. The number of hydrogen-bond donors (Lipinski definition) is 2. The molecule has 5 nitrogen and oxygen atoms in total. The molecule has 2 N–H and O–H groups in total. The first kappa shape index (κ1) is 20.3. The Labute approximate surface area is 170 Å². The third-order valence-corrected chi connectivity index (χ3v) is 5.69. The molecule has 0 bridgehead atoms. The predicted molar refractivity (Wildman–Crippen MR) is 116 cm³/mol. The molecule has 2 aromatic carbocycles. The second kappa shape index (κ2) is 10.2. The average molecular weight is 398 g/mol. The summed E-state index contributed by atoms with van der Waals surface area (Å²) in [6, 6.07) is 16.1. The quantitative estimate of drug-likeness (QED) is 0.425. The molecule has 0 unspecified atom stereocenters. The first-order valence-corrected chi connectivity index (χ1v) is 11.0. The summed E-state index contributed by atoms with van der Waals surface area (Å²) in [5.74, 6) is -1.23. The van der Waals surface area contributed by atoms with Crippen LogP contribution in [0.4, 0.5) is 11.4 Å². The Morgan fingerprint density at radius 1 is 1.00 bits per heavy atom. The van der Waals surface area contributed by atoms with Crippen LogP contribution in [0.25, 0.3) is 0 Å². The first-order valence-electron chi connectivity index (χ1n) is 9.73. The molecule has 1 fully saturated rings. The summed E-state index contributed by atoms with van der Waals surface area (Å²) in [6.07, 6.45) is 6.15. The molecule has 0 atom stereocenters. The Kier molecular flexibility index (Phi) is 7.37. The van der Waals surface area contributed by atoms with Crippen molar-refractivity contribution in [2.75, 3.05) is 36.1 Å². The molecule has 0 radical (unpaired) electrons. The van der Waals surface area contributed by atoms with E-state index in [1.165, 1.54) is 35.9 Å². The second-order valence-corrected chi connectivity index (χ2v) is 7.72. The highest BCUT2D eigenvalue weighted by atomic mass is 32.2. The van der Waals surface area contributed by atoms with E-state index in [2.05, 4.69) is 39.8 Å². The van der Waals surface area contributed by atoms with Crippen molar-refractivity contribution < 1.29 is 9.59 Å². The molecule has 148 valence electrons. The Morgan fingerprint density at radius 3 is 2.43 bits per heavy atom. The molecule has 1 aliphatic heterocycles. The SMILES string of the molecule is CSc1ccccc1NC(=O)C(=O)NCCCc1ccc(N2CCCC2)cc1. The minimum absolute atomic E-state index is 0.476. The van der Waals surface area contributed by atoms with E-state index in [-0.39, 0.29) is 0 Å². The van der Waals surface area contributed by atoms with Crippen molar-refractivity contribution in [3.05, 3.63) is 54.1 Å². The molecule has 2 amide bonds. The molecule has 3 rings (SSSR count). The van der Waals surface area contributed by atoms with Crippen LogP contribution in [0.3, 0.4) is 0 Å². The number of para-hydroxylation sites is 1. The summed E-state index contributed by atoms with van der Waals surface area (Å²) in [4.78, 5) is 27.4. The van der Waals surface area contributed by atoms with E-state index in [0.29, 0.717) is 12.2 Å². The van der Waals surface area contributed by atoms with E-state index in [1.54, 1.807) is 6.07 Å². The van der Waals surface area contributed by atoms with Gasteiger partial charge in [-0.1, -0.05) is 24.3 Å². The van der Waals surface area contributed by atoms with Crippen LogP contribution >= 0.6 is 11.8 Å². The van der Waals surface area contributed by atoms with Crippen molar-refractivity contribution >= 4 is 35.0 Å². The van der Waals surface area contributed by atoms with Crippen molar-refractivity contribution in [3.8, 4) is 0 Å². The molecular formula is C22H27N3O2S. The van der Waals surface area contributed by atoms with Crippen LogP contribution < -0.4 is 15.5 Å². The maximum atomic E-state index is 12.1. The lowest BCUT2D eigenvalue weighted by atomic mass is 10.1. The number of thioether (sulfide) groups is 1. The maximum Gasteiger partial charge on any atom is 0.313 e. The van der Waals surface area contributed by atoms with Crippen LogP contribution in [-0.2, 0) is 16.0 Å². The summed E-state index contributed by atoms with van der Waals surface area (Å²) in [6.45, 7) is 2.77. The van der Waals surface area contributed by atoms with Crippen LogP contribution in [0, 0.1) is 0 Å². The molecule has 1 aliphatic rings. The van der Waals surface area contributed by atoms with Crippen LogP contribution in [-0.4, -0.2) is 37.7 Å². The van der Waals surface area contributed by atoms with Crippen molar-refractivity contribution in [3.63, 3.8) is 0 Å². The van der Waals surface area contributed by atoms with Gasteiger partial charge in [0.2, 0.25) is 0 Å². The van der Waals surface area contributed by atoms with Crippen molar-refractivity contribution in [1.82, 2.24) is 5.32 Å². The van der Waals surface area contributed by atoms with Gasteiger partial charge in [-0.25, -0.2) is 0 Å². The molecule has 0 spiro atoms. The number of aryl methyl sites for hydroxylation is 1. The van der Waals surface area contributed by atoms with Gasteiger partial charge >= 0.3 is 11.8 Å². The molecule has 1 saturated heterocycles. The van der Waals surface area contributed by atoms with E-state index < -0.39 is 11.8 Å². The molecule has 0 saturated carbocycles. The number of benzene rings is 2. The Hall–Kier alpha value is -2.47. The summed E-state index contributed by atoms with van der Waals surface area (Å²) < 4.78 is 0. The summed E-state index contributed by atoms with van der Waals surface area (Å²) in [5.41, 5.74) is 3.19. The van der Waals surface area contributed by atoms with Crippen molar-refractivity contribution in [2.45, 2.75) is 30.6 Å². The summed E-state index contributed by atoms with van der Waals surface area (Å²) >= 11 is 1.53. The zero-order chi connectivity index (χ0) is 19.8. The third kappa shape index (κ3) is 5.52. The highest BCUT2D eigenvalue weighted by Gasteiger charge is 2.15. The fourth-order valence-corrected chi connectivity index (χ4v) is 3.90. The van der Waals surface area contributed by atoms with Gasteiger partial charge < -0.3 is 15.5 Å². The standard InChI is InChI=1S/C22H27N3O2S/c1-28-20-9-3-2-8-19(20)24-22(27)21(26)23-14-6-7-17-10-12-18(13-11-17)25-15-4-5-16-25/h2-3,8-13H,4-7,14-16H2,1H3,(H,23,26)(H,24,27). The number of hydrogen-bond acceptors (Lipinski definition) is 4. The topological polar surface area (TPSA) is 61.4 Å². The van der Waals surface area contributed by atoms with Gasteiger partial charge in [-0.05, 0) is 61.8 Å². The van der Waals surface area contributed by atoms with Crippen LogP contribution in [0.1, 0.15) is 24.8 Å². The van der Waals surface area contributed by atoms with E-state index in [1.807, 2.05) is 24.5 Å². The predicted octanol–water partition coefficient (Wildman–Crippen LogP) is 3.70. The highest BCUT2D eigenvalue weighted by Crippen LogP contribution is 2.24. The number of rotatable bonds is 7. The molecule has 6 heteroatoms.